The van der Waals surface area contributed by atoms with Gasteiger partial charge in [0, 0.05) is 36.6 Å². The maximum atomic E-state index is 13.5. The van der Waals surface area contributed by atoms with Crippen molar-refractivity contribution in [3.63, 3.8) is 0 Å². The molecule has 1 aliphatic rings. The van der Waals surface area contributed by atoms with Crippen LogP contribution in [0.3, 0.4) is 0 Å². The molecule has 6 nitrogen and oxygen atoms in total. The summed E-state index contributed by atoms with van der Waals surface area (Å²) in [5, 5.41) is 7.58. The van der Waals surface area contributed by atoms with Gasteiger partial charge in [0.25, 0.3) is 0 Å². The third-order valence-electron chi connectivity index (χ3n) is 6.81. The number of fused-ring (bicyclic) bond motifs is 1. The summed E-state index contributed by atoms with van der Waals surface area (Å²) in [6, 6.07) is 14.4. The Hall–Kier alpha value is -3.28. The molecule has 1 aromatic heterocycles. The van der Waals surface area contributed by atoms with E-state index in [1.54, 1.807) is 6.20 Å². The predicted molar refractivity (Wildman–Crippen MR) is 144 cm³/mol. The maximum absolute atomic E-state index is 13.5. The lowest BCUT2D eigenvalue weighted by Crippen LogP contribution is -2.21. The van der Waals surface area contributed by atoms with Gasteiger partial charge in [-0.3, -0.25) is 9.48 Å². The molecule has 0 aliphatic carbocycles. The number of rotatable bonds is 11. The Morgan fingerprint density at radius 3 is 2.75 bits per heavy atom. The highest BCUT2D eigenvalue weighted by Gasteiger charge is 2.26. The summed E-state index contributed by atoms with van der Waals surface area (Å²) in [6.45, 7) is 9.78. The molecule has 1 amide bonds. The minimum Gasteiger partial charge on any atom is -0.454 e. The first-order chi connectivity index (χ1) is 17.3. The fourth-order valence-electron chi connectivity index (χ4n) is 4.89. The average Bonchev–Trinajstić information content (AvgIpc) is 3.53. The Balaban J connectivity index is 1.53. The van der Waals surface area contributed by atoms with Crippen LogP contribution in [-0.4, -0.2) is 22.5 Å². The van der Waals surface area contributed by atoms with Gasteiger partial charge in [-0.1, -0.05) is 71.2 Å². The first kappa shape index (κ1) is 25.8. The fourth-order valence-corrected chi connectivity index (χ4v) is 4.89. The Bertz CT molecular complexity index is 1150. The van der Waals surface area contributed by atoms with E-state index in [-0.39, 0.29) is 24.0 Å². The molecule has 0 saturated heterocycles. The van der Waals surface area contributed by atoms with Crippen molar-refractivity contribution in [1.29, 1.82) is 0 Å². The summed E-state index contributed by atoms with van der Waals surface area (Å²) in [7, 11) is 0. The van der Waals surface area contributed by atoms with Gasteiger partial charge in [-0.05, 0) is 53.5 Å². The van der Waals surface area contributed by atoms with Crippen LogP contribution in [0.1, 0.15) is 82.4 Å². The molecule has 2 aromatic carbocycles. The number of nitrogens with one attached hydrogen (secondary N) is 1. The molecule has 2 heterocycles. The zero-order chi connectivity index (χ0) is 25.5. The van der Waals surface area contributed by atoms with Gasteiger partial charge in [0.1, 0.15) is 0 Å². The molecule has 0 bridgehead atoms. The lowest BCUT2D eigenvalue weighted by molar-refractivity contribution is -0.116. The van der Waals surface area contributed by atoms with Crippen molar-refractivity contribution in [3.05, 3.63) is 71.5 Å². The van der Waals surface area contributed by atoms with E-state index in [1.807, 2.05) is 29.1 Å². The molecule has 1 atom stereocenters. The van der Waals surface area contributed by atoms with E-state index in [9.17, 15) is 4.79 Å². The average molecular weight is 490 g/mol. The number of para-hydroxylation sites is 1. The number of benzene rings is 2. The number of carbonyl (C=O) groups is 1. The number of nitrogens with zero attached hydrogens (tertiary/aromatic N) is 2. The van der Waals surface area contributed by atoms with Crippen LogP contribution < -0.4 is 14.8 Å². The first-order valence-corrected chi connectivity index (χ1v) is 13.1. The van der Waals surface area contributed by atoms with Gasteiger partial charge in [-0.15, -0.1) is 0 Å². The van der Waals surface area contributed by atoms with Crippen molar-refractivity contribution in [3.8, 4) is 11.5 Å². The molecule has 0 spiro atoms. The van der Waals surface area contributed by atoms with Gasteiger partial charge in [0.05, 0.1) is 0 Å². The van der Waals surface area contributed by atoms with Gasteiger partial charge < -0.3 is 14.8 Å². The largest absolute Gasteiger partial charge is 0.454 e. The second-order valence-corrected chi connectivity index (χ2v) is 10.7. The molecule has 0 saturated carbocycles. The molecule has 4 rings (SSSR count). The van der Waals surface area contributed by atoms with Crippen molar-refractivity contribution in [2.24, 2.45) is 0 Å². The number of ether oxygens (including phenoxy) is 2. The summed E-state index contributed by atoms with van der Waals surface area (Å²) >= 11 is 0. The highest BCUT2D eigenvalue weighted by atomic mass is 16.7. The fraction of sp³-hybridized carbons (Fsp3) is 0.467. The normalized spacial score (nSPS) is 13.6. The van der Waals surface area contributed by atoms with E-state index in [2.05, 4.69) is 62.4 Å². The van der Waals surface area contributed by atoms with Gasteiger partial charge in [-0.2, -0.15) is 5.10 Å². The second kappa shape index (κ2) is 11.6. The summed E-state index contributed by atoms with van der Waals surface area (Å²) < 4.78 is 13.3. The lowest BCUT2D eigenvalue weighted by atomic mass is 9.84. The Morgan fingerprint density at radius 1 is 1.14 bits per heavy atom. The van der Waals surface area contributed by atoms with Crippen LogP contribution in [0.2, 0.25) is 0 Å². The molecule has 192 valence electrons. The van der Waals surface area contributed by atoms with Crippen molar-refractivity contribution in [2.45, 2.75) is 84.1 Å². The molecular weight excluding hydrogens is 450 g/mol. The highest BCUT2D eigenvalue weighted by Crippen LogP contribution is 2.42. The van der Waals surface area contributed by atoms with E-state index in [0.717, 1.165) is 67.0 Å². The smallest absolute Gasteiger partial charge is 0.231 e. The van der Waals surface area contributed by atoms with Crippen LogP contribution >= 0.6 is 0 Å². The van der Waals surface area contributed by atoms with E-state index in [0.29, 0.717) is 6.42 Å². The minimum absolute atomic E-state index is 0.0303. The van der Waals surface area contributed by atoms with Gasteiger partial charge >= 0.3 is 0 Å². The third kappa shape index (κ3) is 6.48. The van der Waals surface area contributed by atoms with E-state index in [1.165, 1.54) is 5.56 Å². The monoisotopic (exact) mass is 489 g/mol. The number of hydrogen-bond donors (Lipinski definition) is 1. The molecule has 1 aliphatic heterocycles. The van der Waals surface area contributed by atoms with Crippen LogP contribution in [0, 0.1) is 0 Å². The standard InChI is InChI=1S/C30H39N3O3/c1-5-6-7-10-23(24-11-8-12-27-29(24)36-21-35-27)20-28(34)32-26-19-22(13-14-25(26)30(2,3)4)15-18-33-17-9-16-31-33/h8-9,11-14,16-17,19,23H,5-7,10,15,18,20-21H2,1-4H3,(H,32,34). The number of aryl methyl sites for hydroxylation is 2. The number of carbonyl (C=O) groups excluding carboxylic acids is 1. The van der Waals surface area contributed by atoms with Crippen molar-refractivity contribution < 1.29 is 14.3 Å². The number of unbranched alkanes of at least 4 members (excludes halogenated alkanes) is 2. The zero-order valence-electron chi connectivity index (χ0n) is 22.0. The van der Waals surface area contributed by atoms with Crippen molar-refractivity contribution >= 4 is 11.6 Å². The molecule has 1 N–H and O–H groups in total. The van der Waals surface area contributed by atoms with Crippen LogP contribution in [0.4, 0.5) is 5.69 Å². The van der Waals surface area contributed by atoms with E-state index < -0.39 is 0 Å². The molecule has 6 heteroatoms. The Labute approximate surface area is 215 Å². The minimum atomic E-state index is -0.0882. The topological polar surface area (TPSA) is 65.4 Å². The zero-order valence-corrected chi connectivity index (χ0v) is 22.0. The van der Waals surface area contributed by atoms with Crippen molar-refractivity contribution in [1.82, 2.24) is 9.78 Å². The lowest BCUT2D eigenvalue weighted by Gasteiger charge is -2.25. The summed E-state index contributed by atoms with van der Waals surface area (Å²) in [5.41, 5.74) is 4.20. The summed E-state index contributed by atoms with van der Waals surface area (Å²) in [6.07, 6.45) is 9.34. The molecule has 0 radical (unpaired) electrons. The second-order valence-electron chi connectivity index (χ2n) is 10.7. The SMILES string of the molecule is CCCCCC(CC(=O)Nc1cc(CCn2cccn2)ccc1C(C)(C)C)c1cccc2c1OCO2. The number of aromatic nitrogens is 2. The predicted octanol–water partition coefficient (Wildman–Crippen LogP) is 6.84. The van der Waals surface area contributed by atoms with Gasteiger partial charge in [0.2, 0.25) is 12.7 Å². The highest BCUT2D eigenvalue weighted by molar-refractivity contribution is 5.92. The summed E-state index contributed by atoms with van der Waals surface area (Å²) in [5.74, 6) is 1.67. The summed E-state index contributed by atoms with van der Waals surface area (Å²) in [4.78, 5) is 13.5. The quantitative estimate of drug-likeness (QED) is 0.299. The van der Waals surface area contributed by atoms with Gasteiger partial charge in [0.15, 0.2) is 11.5 Å². The van der Waals surface area contributed by atoms with Crippen LogP contribution in [-0.2, 0) is 23.2 Å². The van der Waals surface area contributed by atoms with Crippen LogP contribution in [0.25, 0.3) is 0 Å². The van der Waals surface area contributed by atoms with E-state index >= 15 is 0 Å². The molecule has 1 unspecified atom stereocenters. The molecule has 0 fully saturated rings. The maximum Gasteiger partial charge on any atom is 0.231 e. The Morgan fingerprint density at radius 2 is 2.00 bits per heavy atom. The first-order valence-electron chi connectivity index (χ1n) is 13.1. The number of hydrogen-bond acceptors (Lipinski definition) is 4. The van der Waals surface area contributed by atoms with Crippen LogP contribution in [0.5, 0.6) is 11.5 Å². The van der Waals surface area contributed by atoms with E-state index in [4.69, 9.17) is 9.47 Å². The number of amides is 1. The molecule has 3 aromatic rings. The number of anilines is 1. The molecule has 36 heavy (non-hydrogen) atoms. The Kier molecular flexibility index (Phi) is 8.34. The third-order valence-corrected chi connectivity index (χ3v) is 6.81. The van der Waals surface area contributed by atoms with Crippen LogP contribution in [0.15, 0.2) is 54.9 Å². The van der Waals surface area contributed by atoms with Gasteiger partial charge in [-0.25, -0.2) is 0 Å². The van der Waals surface area contributed by atoms with Crippen molar-refractivity contribution in [2.75, 3.05) is 12.1 Å². The molecular formula is C30H39N3O3.